The molecule has 0 bridgehead atoms. The van der Waals surface area contributed by atoms with Gasteiger partial charge in [0.05, 0.1) is 5.56 Å². The summed E-state index contributed by atoms with van der Waals surface area (Å²) in [6, 6.07) is 10.5. The summed E-state index contributed by atoms with van der Waals surface area (Å²) in [5, 5.41) is 2.76. The van der Waals surface area contributed by atoms with Crippen LogP contribution in [0.15, 0.2) is 42.5 Å². The Morgan fingerprint density at radius 2 is 1.77 bits per heavy atom. The van der Waals surface area contributed by atoms with Gasteiger partial charge in [-0.05, 0) is 36.1 Å². The Kier molecular flexibility index (Phi) is 4.01. The molecule has 0 radical (unpaired) electrons. The van der Waals surface area contributed by atoms with Gasteiger partial charge in [0.1, 0.15) is 13.2 Å². The third-order valence-electron chi connectivity index (χ3n) is 4.60. The Bertz CT molecular complexity index is 850. The Labute approximate surface area is 147 Å². The quantitative estimate of drug-likeness (QED) is 0.888. The number of ether oxygens (including phenoxy) is 2. The van der Waals surface area contributed by atoms with Gasteiger partial charge in [-0.1, -0.05) is 18.2 Å². The number of rotatable bonds is 3. The van der Waals surface area contributed by atoms with Gasteiger partial charge in [0.25, 0.3) is 0 Å². The third kappa shape index (κ3) is 3.21. The van der Waals surface area contributed by atoms with E-state index < -0.39 is 23.6 Å². The lowest BCUT2D eigenvalue weighted by Crippen LogP contribution is -2.17. The molecular weight excluding hydrogens is 347 g/mol. The standard InChI is InChI=1S/C19H16F3NO3/c20-19(21,22)15-4-2-1-3-12(15)13-10-14(13)18(24)23-11-5-6-16-17(9-11)26-8-7-25-16/h1-6,9,13-14H,7-8,10H2,(H,23,24). The highest BCUT2D eigenvalue weighted by atomic mass is 19.4. The number of hydrogen-bond acceptors (Lipinski definition) is 3. The minimum absolute atomic E-state index is 0.183. The fourth-order valence-electron chi connectivity index (χ4n) is 3.26. The largest absolute Gasteiger partial charge is 0.486 e. The maximum atomic E-state index is 13.1. The molecule has 7 heteroatoms. The van der Waals surface area contributed by atoms with Crippen molar-refractivity contribution in [2.24, 2.45) is 5.92 Å². The van der Waals surface area contributed by atoms with Crippen LogP contribution in [0, 0.1) is 5.92 Å². The number of carbonyl (C=O) groups is 1. The van der Waals surface area contributed by atoms with Crippen molar-refractivity contribution < 1.29 is 27.4 Å². The van der Waals surface area contributed by atoms with E-state index in [2.05, 4.69) is 5.32 Å². The van der Waals surface area contributed by atoms with Gasteiger partial charge < -0.3 is 14.8 Å². The fraction of sp³-hybridized carbons (Fsp3) is 0.316. The molecule has 2 atom stereocenters. The molecule has 4 rings (SSSR count). The Hall–Kier alpha value is -2.70. The lowest BCUT2D eigenvalue weighted by molar-refractivity contribution is -0.138. The average Bonchev–Trinajstić information content (AvgIpc) is 3.42. The molecule has 1 heterocycles. The van der Waals surface area contributed by atoms with Crippen LogP contribution in [0.2, 0.25) is 0 Å². The number of anilines is 1. The number of hydrogen-bond donors (Lipinski definition) is 1. The van der Waals surface area contributed by atoms with Crippen molar-refractivity contribution >= 4 is 11.6 Å². The maximum Gasteiger partial charge on any atom is 0.416 e. The highest BCUT2D eigenvalue weighted by Gasteiger charge is 2.47. The molecule has 1 fully saturated rings. The second-order valence-corrected chi connectivity index (χ2v) is 6.38. The summed E-state index contributed by atoms with van der Waals surface area (Å²) in [6.45, 7) is 0.907. The second kappa shape index (κ2) is 6.23. The van der Waals surface area contributed by atoms with Crippen molar-refractivity contribution in [1.29, 1.82) is 0 Å². The summed E-state index contributed by atoms with van der Waals surface area (Å²) in [6.07, 6.45) is -4.01. The Morgan fingerprint density at radius 1 is 1.04 bits per heavy atom. The molecule has 1 aliphatic carbocycles. The van der Waals surface area contributed by atoms with E-state index in [-0.39, 0.29) is 11.5 Å². The molecule has 0 saturated heterocycles. The molecule has 1 amide bonds. The molecule has 4 nitrogen and oxygen atoms in total. The van der Waals surface area contributed by atoms with E-state index in [1.54, 1.807) is 24.3 Å². The van der Waals surface area contributed by atoms with Crippen molar-refractivity contribution in [2.75, 3.05) is 18.5 Å². The minimum atomic E-state index is -4.42. The van der Waals surface area contributed by atoms with E-state index in [9.17, 15) is 18.0 Å². The van der Waals surface area contributed by atoms with Gasteiger partial charge in [-0.2, -0.15) is 13.2 Å². The number of halogens is 3. The lowest BCUT2D eigenvalue weighted by Gasteiger charge is -2.19. The van der Waals surface area contributed by atoms with Gasteiger partial charge in [0, 0.05) is 17.7 Å². The number of nitrogens with one attached hydrogen (secondary N) is 1. The average molecular weight is 363 g/mol. The molecule has 2 aromatic rings. The van der Waals surface area contributed by atoms with E-state index in [4.69, 9.17) is 9.47 Å². The van der Waals surface area contributed by atoms with Gasteiger partial charge in [0.15, 0.2) is 11.5 Å². The summed E-state index contributed by atoms with van der Waals surface area (Å²) < 4.78 is 50.3. The number of amides is 1. The molecule has 136 valence electrons. The van der Waals surface area contributed by atoms with Crippen molar-refractivity contribution in [3.05, 3.63) is 53.6 Å². The van der Waals surface area contributed by atoms with Gasteiger partial charge >= 0.3 is 6.18 Å². The number of carbonyl (C=O) groups excluding carboxylic acids is 1. The smallest absolute Gasteiger partial charge is 0.416 e. The van der Waals surface area contributed by atoms with Crippen molar-refractivity contribution in [3.63, 3.8) is 0 Å². The number of benzene rings is 2. The summed E-state index contributed by atoms with van der Waals surface area (Å²) in [5.74, 6) is -0.0122. The van der Waals surface area contributed by atoms with Crippen LogP contribution in [0.4, 0.5) is 18.9 Å². The molecule has 0 spiro atoms. The summed E-state index contributed by atoms with van der Waals surface area (Å²) >= 11 is 0. The first-order chi connectivity index (χ1) is 12.4. The zero-order chi connectivity index (χ0) is 18.3. The number of alkyl halides is 3. The van der Waals surface area contributed by atoms with Crippen LogP contribution in [-0.4, -0.2) is 19.1 Å². The Morgan fingerprint density at radius 3 is 2.54 bits per heavy atom. The zero-order valence-electron chi connectivity index (χ0n) is 13.7. The fourth-order valence-corrected chi connectivity index (χ4v) is 3.26. The first kappa shape index (κ1) is 16.8. The van der Waals surface area contributed by atoms with Crippen LogP contribution in [0.5, 0.6) is 11.5 Å². The number of fused-ring (bicyclic) bond motifs is 1. The van der Waals surface area contributed by atoms with Crippen LogP contribution in [-0.2, 0) is 11.0 Å². The van der Waals surface area contributed by atoms with E-state index in [1.807, 2.05) is 0 Å². The molecule has 2 aromatic carbocycles. The van der Waals surface area contributed by atoms with Crippen molar-refractivity contribution in [3.8, 4) is 11.5 Å². The molecule has 1 saturated carbocycles. The second-order valence-electron chi connectivity index (χ2n) is 6.38. The zero-order valence-corrected chi connectivity index (χ0v) is 13.7. The summed E-state index contributed by atoms with van der Waals surface area (Å²) in [7, 11) is 0. The van der Waals surface area contributed by atoms with Crippen LogP contribution < -0.4 is 14.8 Å². The van der Waals surface area contributed by atoms with E-state index in [0.717, 1.165) is 6.07 Å². The summed E-state index contributed by atoms with van der Waals surface area (Å²) in [4.78, 5) is 12.4. The third-order valence-corrected chi connectivity index (χ3v) is 4.60. The molecule has 2 unspecified atom stereocenters. The SMILES string of the molecule is O=C(Nc1ccc2c(c1)OCCO2)C1CC1c1ccccc1C(F)(F)F. The van der Waals surface area contributed by atoms with Crippen LogP contribution in [0.1, 0.15) is 23.5 Å². The molecule has 26 heavy (non-hydrogen) atoms. The van der Waals surface area contributed by atoms with Crippen LogP contribution >= 0.6 is 0 Å². The highest BCUT2D eigenvalue weighted by Crippen LogP contribution is 2.51. The van der Waals surface area contributed by atoms with Gasteiger partial charge in [-0.25, -0.2) is 0 Å². The van der Waals surface area contributed by atoms with Gasteiger partial charge in [-0.15, -0.1) is 0 Å². The maximum absolute atomic E-state index is 13.1. The molecular formula is C19H16F3NO3. The predicted molar refractivity (Wildman–Crippen MR) is 88.4 cm³/mol. The van der Waals surface area contributed by atoms with Gasteiger partial charge in [0.2, 0.25) is 5.91 Å². The molecule has 1 aliphatic heterocycles. The Balaban J connectivity index is 1.47. The van der Waals surface area contributed by atoms with E-state index in [0.29, 0.717) is 36.8 Å². The van der Waals surface area contributed by atoms with Crippen molar-refractivity contribution in [1.82, 2.24) is 0 Å². The van der Waals surface area contributed by atoms with Gasteiger partial charge in [-0.3, -0.25) is 4.79 Å². The highest BCUT2D eigenvalue weighted by molar-refractivity contribution is 5.95. The lowest BCUT2D eigenvalue weighted by atomic mass is 10.0. The monoisotopic (exact) mass is 363 g/mol. The molecule has 0 aromatic heterocycles. The predicted octanol–water partition coefficient (Wildman–Crippen LogP) is 4.22. The van der Waals surface area contributed by atoms with E-state index >= 15 is 0 Å². The first-order valence-corrected chi connectivity index (χ1v) is 8.30. The first-order valence-electron chi connectivity index (χ1n) is 8.30. The van der Waals surface area contributed by atoms with Crippen molar-refractivity contribution in [2.45, 2.75) is 18.5 Å². The molecule has 2 aliphatic rings. The normalized spacial score (nSPS) is 21.2. The van der Waals surface area contributed by atoms with Crippen LogP contribution in [0.25, 0.3) is 0 Å². The van der Waals surface area contributed by atoms with E-state index in [1.165, 1.54) is 12.1 Å². The summed E-state index contributed by atoms with van der Waals surface area (Å²) in [5.41, 5.74) is 0.0518. The molecule has 1 N–H and O–H groups in total. The minimum Gasteiger partial charge on any atom is -0.486 e. The topological polar surface area (TPSA) is 47.6 Å². The van der Waals surface area contributed by atoms with Crippen LogP contribution in [0.3, 0.4) is 0 Å².